The molecular weight excluding hydrogens is 310 g/mol. The van der Waals surface area contributed by atoms with E-state index in [1.165, 1.54) is 12.7 Å². The van der Waals surface area contributed by atoms with Gasteiger partial charge in [0.1, 0.15) is 0 Å². The van der Waals surface area contributed by atoms with E-state index in [4.69, 9.17) is 4.74 Å². The van der Waals surface area contributed by atoms with E-state index in [1.54, 1.807) is 6.08 Å². The Morgan fingerprint density at radius 1 is 1.12 bits per heavy atom. The summed E-state index contributed by atoms with van der Waals surface area (Å²) in [5, 5.41) is 1.60. The lowest BCUT2D eigenvalue weighted by Crippen LogP contribution is -2.33. The van der Waals surface area contributed by atoms with Crippen molar-refractivity contribution in [1.82, 2.24) is 4.57 Å². The van der Waals surface area contributed by atoms with Crippen molar-refractivity contribution in [3.8, 4) is 0 Å². The second-order valence-electron chi connectivity index (χ2n) is 4.71. The number of hydrogen-bond donors (Lipinski definition) is 0. The molecule has 1 heterocycles. The number of carbonyl (C=O) groups excluding carboxylic acids is 1. The first-order valence-corrected chi connectivity index (χ1v) is 8.80. The van der Waals surface area contributed by atoms with Crippen molar-refractivity contribution in [3.05, 3.63) is 70.9 Å². The summed E-state index contributed by atoms with van der Waals surface area (Å²) in [7, 11) is 1.39. The van der Waals surface area contributed by atoms with Crippen LogP contribution >= 0.6 is 0 Å². The summed E-state index contributed by atoms with van der Waals surface area (Å²) in [6.45, 7) is 14.6. The molecule has 0 aliphatic carbocycles. The van der Waals surface area contributed by atoms with E-state index >= 15 is 0 Å². The second-order valence-corrected chi connectivity index (χ2v) is 4.71. The van der Waals surface area contributed by atoms with E-state index in [9.17, 15) is 4.79 Å². The molecule has 1 aromatic carbocycles. The number of benzene rings is 1. The summed E-state index contributed by atoms with van der Waals surface area (Å²) in [5.74, 6) is -0.356. The van der Waals surface area contributed by atoms with Gasteiger partial charge in [0.05, 0.1) is 18.0 Å². The van der Waals surface area contributed by atoms with Gasteiger partial charge in [-0.15, -0.1) is 0 Å². The van der Waals surface area contributed by atoms with Crippen LogP contribution < -0.4 is 10.6 Å². The third kappa shape index (κ3) is 6.46. The third-order valence-corrected chi connectivity index (χ3v) is 3.24. The molecule has 25 heavy (non-hydrogen) atoms. The summed E-state index contributed by atoms with van der Waals surface area (Å²) >= 11 is 0. The highest BCUT2D eigenvalue weighted by molar-refractivity contribution is 6.13. The lowest BCUT2D eigenvalue weighted by molar-refractivity contribution is -0.133. The van der Waals surface area contributed by atoms with Crippen molar-refractivity contribution in [2.45, 2.75) is 41.2 Å². The van der Waals surface area contributed by atoms with Crippen LogP contribution in [0.15, 0.2) is 54.7 Å². The number of carbonyl (C=O) groups is 1. The van der Waals surface area contributed by atoms with Gasteiger partial charge in [0.15, 0.2) is 0 Å². The highest BCUT2D eigenvalue weighted by atomic mass is 16.5. The zero-order chi connectivity index (χ0) is 19.2. The highest BCUT2D eigenvalue weighted by Crippen LogP contribution is 2.02. The van der Waals surface area contributed by atoms with Crippen molar-refractivity contribution < 1.29 is 9.53 Å². The van der Waals surface area contributed by atoms with E-state index in [2.05, 4.69) is 18.7 Å². The van der Waals surface area contributed by atoms with Crippen LogP contribution in [0.2, 0.25) is 0 Å². The van der Waals surface area contributed by atoms with Crippen LogP contribution in [0, 0.1) is 0 Å². The van der Waals surface area contributed by atoms with Crippen LogP contribution in [0.3, 0.4) is 0 Å². The van der Waals surface area contributed by atoms with E-state index < -0.39 is 0 Å². The van der Waals surface area contributed by atoms with Gasteiger partial charge in [0, 0.05) is 12.7 Å². The molecule has 0 unspecified atom stereocenters. The fourth-order valence-electron chi connectivity index (χ4n) is 2.28. The van der Waals surface area contributed by atoms with Crippen molar-refractivity contribution >= 4 is 18.1 Å². The molecule has 2 aromatic rings. The van der Waals surface area contributed by atoms with Gasteiger partial charge >= 0.3 is 5.97 Å². The molecule has 0 aliphatic heterocycles. The Balaban J connectivity index is 0.00000134. The van der Waals surface area contributed by atoms with Gasteiger partial charge in [-0.05, 0) is 29.8 Å². The molecule has 0 amide bonds. The van der Waals surface area contributed by atoms with Crippen LogP contribution in [-0.4, -0.2) is 17.6 Å². The molecule has 0 saturated carbocycles. The quantitative estimate of drug-likeness (QED) is 0.790. The fourth-order valence-corrected chi connectivity index (χ4v) is 2.28. The van der Waals surface area contributed by atoms with Crippen molar-refractivity contribution in [2.24, 2.45) is 0 Å². The summed E-state index contributed by atoms with van der Waals surface area (Å²) in [4.78, 5) is 12.0. The first-order valence-electron chi connectivity index (χ1n) is 8.80. The second kappa shape index (κ2) is 12.8. The standard InChI is InChI=1S/C18H19NO2.2C2H6/c1-4-8-16(18(20)21-3)17-14(2)11-12-19(17)13-15-9-6-5-7-10-15;2*1-2/h4-12H,2,13H2,1,3H3;2*1-2H3/b8-4-,17-16-;;. The number of hydrogen-bond acceptors (Lipinski definition) is 2. The average Bonchev–Trinajstić information content (AvgIpc) is 3.03. The number of allylic oxidation sites excluding steroid dienone is 1. The monoisotopic (exact) mass is 341 g/mol. The third-order valence-electron chi connectivity index (χ3n) is 3.24. The van der Waals surface area contributed by atoms with Gasteiger partial charge in [0.2, 0.25) is 0 Å². The average molecular weight is 341 g/mol. The Morgan fingerprint density at radius 2 is 1.72 bits per heavy atom. The largest absolute Gasteiger partial charge is 0.465 e. The zero-order valence-electron chi connectivity index (χ0n) is 16.4. The van der Waals surface area contributed by atoms with Crippen LogP contribution in [0.1, 0.15) is 40.2 Å². The highest BCUT2D eigenvalue weighted by Gasteiger charge is 2.10. The molecule has 136 valence electrons. The molecular formula is C22H31NO2. The number of ether oxygens (including phenoxy) is 1. The number of rotatable bonds is 4. The van der Waals surface area contributed by atoms with Gasteiger partial charge in [-0.25, -0.2) is 4.79 Å². The maximum absolute atomic E-state index is 12.0. The minimum Gasteiger partial charge on any atom is -0.465 e. The number of methoxy groups -OCH3 is 1. The summed E-state index contributed by atoms with van der Waals surface area (Å²) < 4.78 is 6.90. The Bertz CT molecular complexity index is 755. The first-order chi connectivity index (χ1) is 12.2. The van der Waals surface area contributed by atoms with Crippen molar-refractivity contribution in [1.29, 1.82) is 0 Å². The Hall–Kier alpha value is -2.55. The lowest BCUT2D eigenvalue weighted by atomic mass is 10.2. The molecule has 0 spiro atoms. The summed E-state index contributed by atoms with van der Waals surface area (Å²) in [6, 6.07) is 12.0. The molecule has 3 heteroatoms. The number of nitrogens with zero attached hydrogens (tertiary/aromatic N) is 1. The minimum absolute atomic E-state index is 0.356. The Kier molecular flexibility index (Phi) is 11.5. The van der Waals surface area contributed by atoms with Crippen molar-refractivity contribution in [2.75, 3.05) is 7.11 Å². The maximum Gasteiger partial charge on any atom is 0.339 e. The molecule has 2 rings (SSSR count). The minimum atomic E-state index is -0.356. The van der Waals surface area contributed by atoms with E-state index in [0.29, 0.717) is 12.1 Å². The predicted octanol–water partition coefficient (Wildman–Crippen LogP) is 3.90. The van der Waals surface area contributed by atoms with E-state index in [1.807, 2.05) is 75.7 Å². The van der Waals surface area contributed by atoms with Crippen LogP contribution in [0.4, 0.5) is 0 Å². The van der Waals surface area contributed by atoms with Crippen LogP contribution in [0.25, 0.3) is 12.2 Å². The lowest BCUT2D eigenvalue weighted by Gasteiger charge is -2.07. The van der Waals surface area contributed by atoms with Gasteiger partial charge in [0.25, 0.3) is 0 Å². The molecule has 0 aliphatic rings. The molecule has 0 bridgehead atoms. The predicted molar refractivity (Wildman–Crippen MR) is 108 cm³/mol. The summed E-state index contributed by atoms with van der Waals surface area (Å²) in [6.07, 6.45) is 5.53. The smallest absolute Gasteiger partial charge is 0.339 e. The van der Waals surface area contributed by atoms with E-state index in [0.717, 1.165) is 10.6 Å². The zero-order valence-corrected chi connectivity index (χ0v) is 16.4. The number of esters is 1. The fraction of sp³-hybridized carbons (Fsp3) is 0.318. The first kappa shape index (κ1) is 22.4. The van der Waals surface area contributed by atoms with Crippen LogP contribution in [0.5, 0.6) is 0 Å². The molecule has 1 aromatic heterocycles. The normalized spacial score (nSPS) is 11.0. The summed E-state index contributed by atoms with van der Waals surface area (Å²) in [5.41, 5.74) is 1.69. The van der Waals surface area contributed by atoms with Crippen LogP contribution in [-0.2, 0) is 16.1 Å². The van der Waals surface area contributed by atoms with Crippen molar-refractivity contribution in [3.63, 3.8) is 0 Å². The van der Waals surface area contributed by atoms with E-state index in [-0.39, 0.29) is 5.97 Å². The van der Waals surface area contributed by atoms with Gasteiger partial charge < -0.3 is 9.30 Å². The van der Waals surface area contributed by atoms with Gasteiger partial charge in [-0.2, -0.15) is 0 Å². The molecule has 3 nitrogen and oxygen atoms in total. The SMILES string of the molecule is C=c1ccn(Cc2ccccc2)/c1=C(/C=C\C)C(=O)OC.CC.CC. The maximum atomic E-state index is 12.0. The molecule has 0 radical (unpaired) electrons. The number of aromatic nitrogens is 1. The topological polar surface area (TPSA) is 31.2 Å². The Morgan fingerprint density at radius 3 is 2.24 bits per heavy atom. The molecule has 0 saturated heterocycles. The molecule has 0 atom stereocenters. The van der Waals surface area contributed by atoms with Gasteiger partial charge in [-0.3, -0.25) is 0 Å². The molecule has 0 N–H and O–H groups in total. The van der Waals surface area contributed by atoms with Gasteiger partial charge in [-0.1, -0.05) is 70.7 Å². The Labute approximate surface area is 152 Å². The molecule has 0 fully saturated rings.